The minimum absolute atomic E-state index is 0.324. The number of nitrogens with one attached hydrogen (secondary N) is 1. The second-order valence-corrected chi connectivity index (χ2v) is 1.50. The lowest BCUT2D eigenvalue weighted by Gasteiger charge is -1.97. The minimum Gasteiger partial charge on any atom is -0.479 e. The van der Waals surface area contributed by atoms with Crippen molar-refractivity contribution in [2.45, 2.75) is 0 Å². The molecule has 0 unspecified atom stereocenters. The first-order valence-corrected chi connectivity index (χ1v) is 2.60. The van der Waals surface area contributed by atoms with Crippen molar-refractivity contribution in [2.75, 3.05) is 7.11 Å². The number of rotatable bonds is 2. The summed E-state index contributed by atoms with van der Waals surface area (Å²) < 4.78 is 4.77. The summed E-state index contributed by atoms with van der Waals surface area (Å²) in [4.78, 5) is 3.72. The second kappa shape index (κ2) is 2.86. The Hall–Kier alpha value is -1.52. The molecule has 0 radical (unpaired) electrons. The van der Waals surface area contributed by atoms with Crippen molar-refractivity contribution in [3.05, 3.63) is 12.0 Å². The van der Waals surface area contributed by atoms with Crippen molar-refractivity contribution in [1.29, 1.82) is 5.41 Å². The van der Waals surface area contributed by atoms with Gasteiger partial charge in [-0.15, -0.1) is 10.2 Å². The summed E-state index contributed by atoms with van der Waals surface area (Å²) in [5.41, 5.74) is 0.338. The molecule has 5 heteroatoms. The van der Waals surface area contributed by atoms with E-state index in [0.717, 1.165) is 6.21 Å². The predicted molar refractivity (Wildman–Crippen MR) is 34.3 cm³/mol. The van der Waals surface area contributed by atoms with E-state index in [-0.39, 0.29) is 0 Å². The van der Waals surface area contributed by atoms with Gasteiger partial charge in [-0.05, 0) is 0 Å². The summed E-state index contributed by atoms with van der Waals surface area (Å²) in [7, 11) is 1.47. The van der Waals surface area contributed by atoms with Gasteiger partial charge in [0.2, 0.25) is 5.88 Å². The minimum atomic E-state index is 0.324. The number of nitrogens with zero attached hydrogens (tertiary/aromatic N) is 3. The Balaban J connectivity index is 3.08. The fourth-order valence-electron chi connectivity index (χ4n) is 0.523. The first-order valence-electron chi connectivity index (χ1n) is 2.60. The molecule has 52 valence electrons. The standard InChI is InChI=1S/C5H6N4O/c1-10-5-4(2-6)9-8-3-7-5/h2-3,6H,1H3. The molecular weight excluding hydrogens is 132 g/mol. The molecule has 0 saturated carbocycles. The first kappa shape index (κ1) is 6.60. The van der Waals surface area contributed by atoms with Crippen molar-refractivity contribution in [3.63, 3.8) is 0 Å². The van der Waals surface area contributed by atoms with E-state index in [4.69, 9.17) is 10.1 Å². The Morgan fingerprint density at radius 1 is 1.70 bits per heavy atom. The van der Waals surface area contributed by atoms with Gasteiger partial charge in [-0.2, -0.15) is 4.98 Å². The van der Waals surface area contributed by atoms with Gasteiger partial charge in [0.25, 0.3) is 0 Å². The number of hydrogen-bond acceptors (Lipinski definition) is 5. The van der Waals surface area contributed by atoms with Crippen molar-refractivity contribution in [1.82, 2.24) is 15.2 Å². The van der Waals surface area contributed by atoms with Crippen LogP contribution in [0, 0.1) is 5.41 Å². The Morgan fingerprint density at radius 2 is 2.50 bits per heavy atom. The Kier molecular flexibility index (Phi) is 1.89. The van der Waals surface area contributed by atoms with Gasteiger partial charge in [-0.25, -0.2) is 0 Å². The van der Waals surface area contributed by atoms with Gasteiger partial charge in [-0.1, -0.05) is 0 Å². The van der Waals surface area contributed by atoms with Gasteiger partial charge in [-0.3, -0.25) is 0 Å². The van der Waals surface area contributed by atoms with Crippen LogP contribution in [0.2, 0.25) is 0 Å². The van der Waals surface area contributed by atoms with Crippen LogP contribution in [0.3, 0.4) is 0 Å². The highest BCUT2D eigenvalue weighted by molar-refractivity contribution is 5.76. The summed E-state index contributed by atoms with van der Waals surface area (Å²) in [5, 5.41) is 13.9. The molecule has 1 N–H and O–H groups in total. The molecular formula is C5H6N4O. The van der Waals surface area contributed by atoms with Crippen LogP contribution in [0.1, 0.15) is 5.69 Å². The number of aromatic nitrogens is 3. The summed E-state index contributed by atoms with van der Waals surface area (Å²) >= 11 is 0. The van der Waals surface area contributed by atoms with Crippen LogP contribution in [0.4, 0.5) is 0 Å². The maximum absolute atomic E-state index is 6.84. The van der Waals surface area contributed by atoms with Gasteiger partial charge >= 0.3 is 0 Å². The maximum Gasteiger partial charge on any atom is 0.244 e. The zero-order chi connectivity index (χ0) is 7.40. The molecule has 1 aromatic heterocycles. The zero-order valence-corrected chi connectivity index (χ0v) is 5.40. The summed E-state index contributed by atoms with van der Waals surface area (Å²) in [6.07, 6.45) is 2.31. The van der Waals surface area contributed by atoms with Crippen molar-refractivity contribution >= 4 is 6.21 Å². The molecule has 0 aliphatic heterocycles. The average Bonchev–Trinajstić information content (AvgIpc) is 2.04. The first-order chi connectivity index (χ1) is 4.88. The van der Waals surface area contributed by atoms with Crippen LogP contribution >= 0.6 is 0 Å². The van der Waals surface area contributed by atoms with Gasteiger partial charge in [0, 0.05) is 0 Å². The van der Waals surface area contributed by atoms with Gasteiger partial charge in [0.15, 0.2) is 5.69 Å². The third-order valence-corrected chi connectivity index (χ3v) is 0.941. The molecule has 0 aliphatic rings. The third-order valence-electron chi connectivity index (χ3n) is 0.941. The van der Waals surface area contributed by atoms with E-state index in [2.05, 4.69) is 15.2 Å². The molecule has 0 saturated heterocycles. The molecule has 5 nitrogen and oxygen atoms in total. The summed E-state index contributed by atoms with van der Waals surface area (Å²) in [6, 6.07) is 0. The topological polar surface area (TPSA) is 71.8 Å². The summed E-state index contributed by atoms with van der Waals surface area (Å²) in [5.74, 6) is 0.324. The second-order valence-electron chi connectivity index (χ2n) is 1.50. The number of methoxy groups -OCH3 is 1. The van der Waals surface area contributed by atoms with E-state index in [1.807, 2.05) is 0 Å². The molecule has 0 amide bonds. The normalized spacial score (nSPS) is 8.90. The molecule has 0 bridgehead atoms. The van der Waals surface area contributed by atoms with Crippen LogP contribution in [0.5, 0.6) is 5.88 Å². The van der Waals surface area contributed by atoms with E-state index in [9.17, 15) is 0 Å². The molecule has 0 atom stereocenters. The molecule has 1 aromatic rings. The van der Waals surface area contributed by atoms with E-state index in [0.29, 0.717) is 11.6 Å². The zero-order valence-electron chi connectivity index (χ0n) is 5.40. The van der Waals surface area contributed by atoms with E-state index in [1.54, 1.807) is 0 Å². The van der Waals surface area contributed by atoms with E-state index in [1.165, 1.54) is 13.4 Å². The monoisotopic (exact) mass is 138 g/mol. The highest BCUT2D eigenvalue weighted by Gasteiger charge is 1.99. The third kappa shape index (κ3) is 1.07. The van der Waals surface area contributed by atoms with E-state index >= 15 is 0 Å². The Bertz CT molecular complexity index is 237. The van der Waals surface area contributed by atoms with Crippen LogP contribution in [-0.2, 0) is 0 Å². The highest BCUT2D eigenvalue weighted by atomic mass is 16.5. The Morgan fingerprint density at radius 3 is 3.00 bits per heavy atom. The fourth-order valence-corrected chi connectivity index (χ4v) is 0.523. The van der Waals surface area contributed by atoms with Gasteiger partial charge < -0.3 is 10.1 Å². The number of hydrogen-bond donors (Lipinski definition) is 1. The highest BCUT2D eigenvalue weighted by Crippen LogP contribution is 2.04. The quantitative estimate of drug-likeness (QED) is 0.578. The maximum atomic E-state index is 6.84. The van der Waals surface area contributed by atoms with Crippen LogP contribution in [0.25, 0.3) is 0 Å². The molecule has 0 spiro atoms. The van der Waals surface area contributed by atoms with Crippen molar-refractivity contribution < 1.29 is 4.74 Å². The Labute approximate surface area is 57.6 Å². The smallest absolute Gasteiger partial charge is 0.244 e. The van der Waals surface area contributed by atoms with Crippen molar-refractivity contribution in [3.8, 4) is 5.88 Å². The van der Waals surface area contributed by atoms with Crippen LogP contribution < -0.4 is 4.74 Å². The van der Waals surface area contributed by atoms with Crippen LogP contribution in [-0.4, -0.2) is 28.5 Å². The lowest BCUT2D eigenvalue weighted by Crippen LogP contribution is -1.98. The fraction of sp³-hybridized carbons (Fsp3) is 0.200. The van der Waals surface area contributed by atoms with Gasteiger partial charge in [0.1, 0.15) is 6.33 Å². The SMILES string of the molecule is COc1ncnnc1C=N. The van der Waals surface area contributed by atoms with Crippen molar-refractivity contribution in [2.24, 2.45) is 0 Å². The van der Waals surface area contributed by atoms with E-state index < -0.39 is 0 Å². The number of ether oxygens (including phenoxy) is 1. The average molecular weight is 138 g/mol. The summed E-state index contributed by atoms with van der Waals surface area (Å²) in [6.45, 7) is 0. The molecule has 1 heterocycles. The lowest BCUT2D eigenvalue weighted by molar-refractivity contribution is 0.392. The molecule has 0 fully saturated rings. The molecule has 10 heavy (non-hydrogen) atoms. The molecule has 1 rings (SSSR count). The largest absolute Gasteiger partial charge is 0.479 e. The van der Waals surface area contributed by atoms with Crippen LogP contribution in [0.15, 0.2) is 6.33 Å². The lowest BCUT2D eigenvalue weighted by atomic mass is 10.5. The molecule has 0 aromatic carbocycles. The predicted octanol–water partition coefficient (Wildman–Crippen LogP) is -0.122. The molecule has 0 aliphatic carbocycles. The van der Waals surface area contributed by atoms with Gasteiger partial charge in [0.05, 0.1) is 13.3 Å².